The van der Waals surface area contributed by atoms with Gasteiger partial charge < -0.3 is 5.32 Å². The molecule has 0 unspecified atom stereocenters. The first-order valence-corrected chi connectivity index (χ1v) is 6.29. The molecule has 84 valence electrons. The van der Waals surface area contributed by atoms with Crippen molar-refractivity contribution < 1.29 is 4.79 Å². The van der Waals surface area contributed by atoms with E-state index in [0.717, 1.165) is 37.9 Å². The summed E-state index contributed by atoms with van der Waals surface area (Å²) in [6.45, 7) is 2.08. The molecule has 0 bridgehead atoms. The average Bonchev–Trinajstić information content (AvgIpc) is 2.10. The Hall–Kier alpha value is -0.630. The van der Waals surface area contributed by atoms with Crippen LogP contribution in [0.3, 0.4) is 0 Å². The maximum Gasteiger partial charge on any atom is 0.158 e. The summed E-state index contributed by atoms with van der Waals surface area (Å²) in [4.78, 5) is 12.0. The lowest BCUT2D eigenvalue weighted by molar-refractivity contribution is -0.117. The van der Waals surface area contributed by atoms with Gasteiger partial charge in [-0.2, -0.15) is 0 Å². The van der Waals surface area contributed by atoms with Crippen LogP contribution < -0.4 is 5.32 Å². The monoisotopic (exact) mass is 207 g/mol. The summed E-state index contributed by atoms with van der Waals surface area (Å²) in [7, 11) is 0. The molecule has 0 radical (unpaired) electrons. The van der Waals surface area contributed by atoms with E-state index in [-0.39, 0.29) is 0 Å². The van der Waals surface area contributed by atoms with E-state index in [9.17, 15) is 4.79 Å². The molecule has 0 aromatic carbocycles. The van der Waals surface area contributed by atoms with Crippen LogP contribution >= 0.6 is 0 Å². The molecule has 1 fully saturated rings. The van der Waals surface area contributed by atoms with Crippen molar-refractivity contribution in [1.82, 2.24) is 5.32 Å². The first kappa shape index (κ1) is 10.9. The zero-order chi connectivity index (χ0) is 10.5. The van der Waals surface area contributed by atoms with E-state index in [4.69, 9.17) is 0 Å². The number of ketones is 1. The number of allylic oxidation sites excluding steroid dienone is 2. The zero-order valence-corrected chi connectivity index (χ0v) is 9.43. The van der Waals surface area contributed by atoms with Gasteiger partial charge in [0, 0.05) is 6.42 Å². The molecule has 0 aromatic rings. The molecule has 2 rings (SSSR count). The molecule has 1 N–H and O–H groups in total. The molecule has 2 aliphatic rings. The zero-order valence-electron chi connectivity index (χ0n) is 9.43. The minimum atomic E-state index is 0.420. The Morgan fingerprint density at radius 3 is 2.80 bits per heavy atom. The molecule has 0 atom stereocenters. The Balaban J connectivity index is 1.85. The number of Topliss-reactive ketones (excluding diaryl/α,β-unsaturated/α-hetero) is 1. The molecule has 1 aliphatic carbocycles. The second-order valence-electron chi connectivity index (χ2n) is 4.83. The first-order chi connectivity index (χ1) is 7.36. The second kappa shape index (κ2) is 5.45. The summed E-state index contributed by atoms with van der Waals surface area (Å²) in [5, 5.41) is 3.22. The van der Waals surface area contributed by atoms with Crippen molar-refractivity contribution in [3.8, 4) is 0 Å². The fourth-order valence-corrected chi connectivity index (χ4v) is 2.33. The molecule has 0 amide bonds. The third-order valence-corrected chi connectivity index (χ3v) is 3.49. The van der Waals surface area contributed by atoms with Gasteiger partial charge in [-0.15, -0.1) is 0 Å². The predicted molar refractivity (Wildman–Crippen MR) is 61.8 cm³/mol. The van der Waals surface area contributed by atoms with E-state index in [0.29, 0.717) is 11.7 Å². The first-order valence-electron chi connectivity index (χ1n) is 6.29. The number of carbonyl (C=O) groups excluding carboxylic acids is 1. The lowest BCUT2D eigenvalue weighted by Gasteiger charge is -2.26. The van der Waals surface area contributed by atoms with E-state index in [2.05, 4.69) is 11.4 Å². The van der Waals surface area contributed by atoms with Crippen molar-refractivity contribution >= 4 is 5.78 Å². The second-order valence-corrected chi connectivity index (χ2v) is 4.83. The van der Waals surface area contributed by atoms with E-state index in [1.54, 1.807) is 0 Å². The lowest BCUT2D eigenvalue weighted by atomic mass is 9.90. The van der Waals surface area contributed by atoms with Crippen LogP contribution in [-0.2, 0) is 4.79 Å². The average molecular weight is 207 g/mol. The van der Waals surface area contributed by atoms with E-state index >= 15 is 0 Å². The van der Waals surface area contributed by atoms with E-state index in [1.165, 1.54) is 25.7 Å². The summed E-state index contributed by atoms with van der Waals surface area (Å²) < 4.78 is 0. The molecule has 1 aliphatic heterocycles. The summed E-state index contributed by atoms with van der Waals surface area (Å²) in [6.07, 6.45) is 10.2. The van der Waals surface area contributed by atoms with Crippen LogP contribution in [0.4, 0.5) is 0 Å². The fourth-order valence-electron chi connectivity index (χ4n) is 2.33. The van der Waals surface area contributed by atoms with Crippen LogP contribution in [0.15, 0.2) is 11.6 Å². The summed E-state index contributed by atoms with van der Waals surface area (Å²) in [5.74, 6) is 1.03. The predicted octanol–water partition coefficient (Wildman–Crippen LogP) is 2.45. The van der Waals surface area contributed by atoms with Crippen molar-refractivity contribution in [3.05, 3.63) is 11.6 Å². The van der Waals surface area contributed by atoms with Crippen LogP contribution in [0.25, 0.3) is 0 Å². The van der Waals surface area contributed by atoms with E-state index in [1.807, 2.05) is 0 Å². The van der Waals surface area contributed by atoms with Gasteiger partial charge in [0.2, 0.25) is 0 Å². The number of carbonyl (C=O) groups is 1. The molecule has 1 saturated heterocycles. The van der Waals surface area contributed by atoms with Crippen LogP contribution in [-0.4, -0.2) is 18.9 Å². The van der Waals surface area contributed by atoms with Gasteiger partial charge in [-0.05, 0) is 50.3 Å². The van der Waals surface area contributed by atoms with Gasteiger partial charge >= 0.3 is 0 Å². The van der Waals surface area contributed by atoms with Gasteiger partial charge in [0.05, 0.1) is 0 Å². The fraction of sp³-hybridized carbons (Fsp3) is 0.769. The van der Waals surface area contributed by atoms with Crippen molar-refractivity contribution in [2.24, 2.45) is 5.92 Å². The SMILES string of the molecule is O=C(CC1CNC1)C1=CCCCCCC1. The molecule has 1 heterocycles. The maximum atomic E-state index is 12.0. The molecule has 15 heavy (non-hydrogen) atoms. The Morgan fingerprint density at radius 1 is 1.27 bits per heavy atom. The number of hydrogen-bond donors (Lipinski definition) is 1. The number of nitrogens with one attached hydrogen (secondary N) is 1. The third-order valence-electron chi connectivity index (χ3n) is 3.49. The Bertz CT molecular complexity index is 253. The molecule has 0 saturated carbocycles. The number of rotatable bonds is 3. The van der Waals surface area contributed by atoms with Crippen molar-refractivity contribution in [2.45, 2.75) is 44.9 Å². The highest BCUT2D eigenvalue weighted by atomic mass is 16.1. The van der Waals surface area contributed by atoms with Crippen molar-refractivity contribution in [1.29, 1.82) is 0 Å². The number of hydrogen-bond acceptors (Lipinski definition) is 2. The van der Waals surface area contributed by atoms with Crippen LogP contribution in [0.2, 0.25) is 0 Å². The lowest BCUT2D eigenvalue weighted by Crippen LogP contribution is -2.43. The normalized spacial score (nSPS) is 23.6. The van der Waals surface area contributed by atoms with Gasteiger partial charge in [0.25, 0.3) is 0 Å². The van der Waals surface area contributed by atoms with E-state index < -0.39 is 0 Å². The molecule has 2 nitrogen and oxygen atoms in total. The Kier molecular flexibility index (Phi) is 3.95. The van der Waals surface area contributed by atoms with Crippen LogP contribution in [0.1, 0.15) is 44.9 Å². The molecule has 0 aromatic heterocycles. The highest BCUT2D eigenvalue weighted by Crippen LogP contribution is 2.21. The third kappa shape index (κ3) is 3.16. The highest BCUT2D eigenvalue weighted by molar-refractivity contribution is 5.95. The van der Waals surface area contributed by atoms with Crippen LogP contribution in [0.5, 0.6) is 0 Å². The summed E-state index contributed by atoms with van der Waals surface area (Å²) in [5.41, 5.74) is 1.13. The van der Waals surface area contributed by atoms with Gasteiger partial charge in [0.15, 0.2) is 5.78 Å². The van der Waals surface area contributed by atoms with Gasteiger partial charge in [-0.1, -0.05) is 18.9 Å². The van der Waals surface area contributed by atoms with Crippen LogP contribution in [0, 0.1) is 5.92 Å². The van der Waals surface area contributed by atoms with Gasteiger partial charge in [0.1, 0.15) is 0 Å². The molecular formula is C13H21NO. The highest BCUT2D eigenvalue weighted by Gasteiger charge is 2.21. The molecule has 2 heteroatoms. The molecule has 0 spiro atoms. The topological polar surface area (TPSA) is 29.1 Å². The Labute approximate surface area is 92.1 Å². The smallest absolute Gasteiger partial charge is 0.158 e. The van der Waals surface area contributed by atoms with Gasteiger partial charge in [-0.25, -0.2) is 0 Å². The minimum absolute atomic E-state index is 0.420. The summed E-state index contributed by atoms with van der Waals surface area (Å²) in [6, 6.07) is 0. The van der Waals surface area contributed by atoms with Crippen molar-refractivity contribution in [2.75, 3.05) is 13.1 Å². The standard InChI is InChI=1S/C13H21NO/c15-13(8-11-9-14-10-11)12-6-4-2-1-3-5-7-12/h6,11,14H,1-5,7-10H2. The van der Waals surface area contributed by atoms with Gasteiger partial charge in [-0.3, -0.25) is 4.79 Å². The quantitative estimate of drug-likeness (QED) is 0.770. The Morgan fingerprint density at radius 2 is 2.07 bits per heavy atom. The molecular weight excluding hydrogens is 186 g/mol. The minimum Gasteiger partial charge on any atom is -0.316 e. The largest absolute Gasteiger partial charge is 0.316 e. The van der Waals surface area contributed by atoms with Crippen molar-refractivity contribution in [3.63, 3.8) is 0 Å². The summed E-state index contributed by atoms with van der Waals surface area (Å²) >= 11 is 0. The maximum absolute atomic E-state index is 12.0.